The molecule has 0 aliphatic carbocycles. The van der Waals surface area contributed by atoms with Crippen molar-refractivity contribution in [2.45, 2.75) is 40.3 Å². The van der Waals surface area contributed by atoms with Crippen molar-refractivity contribution in [3.63, 3.8) is 0 Å². The first-order valence-corrected chi connectivity index (χ1v) is 6.80. The quantitative estimate of drug-likeness (QED) is 0.770. The minimum atomic E-state index is -0.889. The van der Waals surface area contributed by atoms with Gasteiger partial charge < -0.3 is 9.84 Å². The van der Waals surface area contributed by atoms with Crippen LogP contribution in [0.15, 0.2) is 18.2 Å². The van der Waals surface area contributed by atoms with Crippen LogP contribution in [-0.2, 0) is 6.42 Å². The highest BCUT2D eigenvalue weighted by molar-refractivity contribution is 5.89. The van der Waals surface area contributed by atoms with Gasteiger partial charge in [-0.15, -0.1) is 0 Å². The van der Waals surface area contributed by atoms with Crippen molar-refractivity contribution in [3.05, 3.63) is 29.3 Å². The van der Waals surface area contributed by atoms with E-state index in [1.165, 1.54) is 0 Å². The van der Waals surface area contributed by atoms with Crippen LogP contribution < -0.4 is 4.74 Å². The average Bonchev–Trinajstić information content (AvgIpc) is 2.39. The van der Waals surface area contributed by atoms with Crippen molar-refractivity contribution in [3.8, 4) is 5.75 Å². The lowest BCUT2D eigenvalue weighted by molar-refractivity contribution is 0.0480. The maximum Gasteiger partial charge on any atom is 0.335 e. The molecule has 4 nitrogen and oxygen atoms in total. The molecule has 1 unspecified atom stereocenters. The fraction of sp³-hybridized carbons (Fsp3) is 0.533. The number of aryl methyl sites for hydroxylation is 1. The first kappa shape index (κ1) is 15.5. The summed E-state index contributed by atoms with van der Waals surface area (Å²) in [6.07, 6.45) is 0.661. The highest BCUT2D eigenvalue weighted by atomic mass is 16.5. The zero-order valence-electron chi connectivity index (χ0n) is 12.1. The predicted octanol–water partition coefficient (Wildman–Crippen LogP) is 3.01. The molecule has 0 aliphatic rings. The molecule has 0 saturated carbocycles. The Morgan fingerprint density at radius 1 is 1.32 bits per heavy atom. The third kappa shape index (κ3) is 3.96. The van der Waals surface area contributed by atoms with Crippen molar-refractivity contribution in [2.75, 3.05) is 13.1 Å². The molecule has 0 radical (unpaired) electrons. The third-order valence-corrected chi connectivity index (χ3v) is 3.32. The van der Waals surface area contributed by atoms with E-state index < -0.39 is 5.97 Å². The summed E-state index contributed by atoms with van der Waals surface area (Å²) in [7, 11) is 0. The van der Waals surface area contributed by atoms with E-state index in [-0.39, 0.29) is 6.23 Å². The number of hydrogen-bond donors (Lipinski definition) is 1. The highest BCUT2D eigenvalue weighted by Gasteiger charge is 2.14. The molecule has 1 N–H and O–H groups in total. The van der Waals surface area contributed by atoms with Crippen LogP contribution in [0.1, 0.15) is 43.6 Å². The minimum Gasteiger partial charge on any atom is -0.478 e. The number of carboxylic acids is 1. The number of nitrogens with zero attached hydrogens (tertiary/aromatic N) is 1. The normalized spacial score (nSPS) is 12.5. The summed E-state index contributed by atoms with van der Waals surface area (Å²) in [6, 6.07) is 5.16. The summed E-state index contributed by atoms with van der Waals surface area (Å²) in [6.45, 7) is 9.98. The second kappa shape index (κ2) is 7.14. The first-order valence-electron chi connectivity index (χ1n) is 6.80. The zero-order valence-corrected chi connectivity index (χ0v) is 12.1. The lowest BCUT2D eigenvalue weighted by Crippen LogP contribution is -2.36. The number of rotatable bonds is 7. The molecule has 0 saturated heterocycles. The Hall–Kier alpha value is -1.55. The van der Waals surface area contributed by atoms with E-state index in [1.807, 2.05) is 19.9 Å². The molecule has 1 aromatic rings. The molecule has 0 heterocycles. The molecule has 4 heteroatoms. The standard InChI is InChI=1S/C15H23NO3/c1-5-12-10-13(8-9-14(12)15(17)18)19-11(4)16(6-2)7-3/h8-11H,5-7H2,1-4H3,(H,17,18). The third-order valence-electron chi connectivity index (χ3n) is 3.32. The monoisotopic (exact) mass is 265 g/mol. The molecule has 0 aromatic heterocycles. The molecule has 106 valence electrons. The summed E-state index contributed by atoms with van der Waals surface area (Å²) in [4.78, 5) is 13.3. The Morgan fingerprint density at radius 2 is 1.95 bits per heavy atom. The number of benzene rings is 1. The Kier molecular flexibility index (Phi) is 5.83. The van der Waals surface area contributed by atoms with E-state index in [0.717, 1.165) is 24.4 Å². The Bertz CT molecular complexity index is 427. The van der Waals surface area contributed by atoms with Crippen molar-refractivity contribution in [2.24, 2.45) is 0 Å². The van der Waals surface area contributed by atoms with Gasteiger partial charge in [0, 0.05) is 0 Å². The molecular formula is C15H23NO3. The minimum absolute atomic E-state index is 0.0182. The van der Waals surface area contributed by atoms with Gasteiger partial charge in [0.1, 0.15) is 12.0 Å². The number of carboxylic acid groups (broad SMARTS) is 1. The lowest BCUT2D eigenvalue weighted by Gasteiger charge is -2.27. The SMILES string of the molecule is CCc1cc(OC(C)N(CC)CC)ccc1C(=O)O. The Balaban J connectivity index is 2.88. The maximum atomic E-state index is 11.1. The topological polar surface area (TPSA) is 49.8 Å². The van der Waals surface area contributed by atoms with Crippen LogP contribution in [0.5, 0.6) is 5.75 Å². The van der Waals surface area contributed by atoms with Crippen molar-refractivity contribution < 1.29 is 14.6 Å². The van der Waals surface area contributed by atoms with E-state index in [1.54, 1.807) is 12.1 Å². The summed E-state index contributed by atoms with van der Waals surface area (Å²) in [5.74, 6) is -0.165. The van der Waals surface area contributed by atoms with Gasteiger partial charge in [0.25, 0.3) is 0 Å². The highest BCUT2D eigenvalue weighted by Crippen LogP contribution is 2.20. The fourth-order valence-electron chi connectivity index (χ4n) is 2.15. The van der Waals surface area contributed by atoms with E-state index in [9.17, 15) is 4.79 Å². The van der Waals surface area contributed by atoms with E-state index in [4.69, 9.17) is 9.84 Å². The lowest BCUT2D eigenvalue weighted by atomic mass is 10.1. The van der Waals surface area contributed by atoms with Crippen LogP contribution in [0.2, 0.25) is 0 Å². The maximum absolute atomic E-state index is 11.1. The van der Waals surface area contributed by atoms with Crippen molar-refractivity contribution >= 4 is 5.97 Å². The number of aromatic carboxylic acids is 1. The van der Waals surface area contributed by atoms with Gasteiger partial charge in [-0.1, -0.05) is 20.8 Å². The van der Waals surface area contributed by atoms with Crippen LogP contribution in [-0.4, -0.2) is 35.3 Å². The van der Waals surface area contributed by atoms with Crippen LogP contribution >= 0.6 is 0 Å². The molecule has 0 bridgehead atoms. The number of ether oxygens (including phenoxy) is 1. The van der Waals surface area contributed by atoms with Crippen LogP contribution in [0, 0.1) is 0 Å². The van der Waals surface area contributed by atoms with Gasteiger partial charge in [0.05, 0.1) is 5.56 Å². The molecule has 0 aliphatic heterocycles. The summed E-state index contributed by atoms with van der Waals surface area (Å²) in [5.41, 5.74) is 1.15. The summed E-state index contributed by atoms with van der Waals surface area (Å²) < 4.78 is 5.87. The second-order valence-corrected chi connectivity index (χ2v) is 4.42. The molecule has 0 amide bonds. The average molecular weight is 265 g/mol. The largest absolute Gasteiger partial charge is 0.478 e. The van der Waals surface area contributed by atoms with Gasteiger partial charge in [0.15, 0.2) is 0 Å². The zero-order chi connectivity index (χ0) is 14.4. The van der Waals surface area contributed by atoms with E-state index in [0.29, 0.717) is 12.0 Å². The molecule has 1 atom stereocenters. The molecule has 1 aromatic carbocycles. The summed E-state index contributed by atoms with van der Waals surface area (Å²) in [5, 5.41) is 9.08. The Morgan fingerprint density at radius 3 is 2.42 bits per heavy atom. The molecule has 1 rings (SSSR count). The molecule has 0 spiro atoms. The summed E-state index contributed by atoms with van der Waals surface area (Å²) >= 11 is 0. The van der Waals surface area contributed by atoms with E-state index in [2.05, 4.69) is 18.7 Å². The van der Waals surface area contributed by atoms with Gasteiger partial charge in [-0.25, -0.2) is 4.79 Å². The molecular weight excluding hydrogens is 242 g/mol. The van der Waals surface area contributed by atoms with Crippen LogP contribution in [0.3, 0.4) is 0 Å². The van der Waals surface area contributed by atoms with Crippen LogP contribution in [0.4, 0.5) is 0 Å². The van der Waals surface area contributed by atoms with Crippen LogP contribution in [0.25, 0.3) is 0 Å². The van der Waals surface area contributed by atoms with Gasteiger partial charge in [-0.05, 0) is 50.2 Å². The van der Waals surface area contributed by atoms with E-state index >= 15 is 0 Å². The number of carbonyl (C=O) groups is 1. The van der Waals surface area contributed by atoms with Crippen molar-refractivity contribution in [1.82, 2.24) is 4.90 Å². The number of hydrogen-bond acceptors (Lipinski definition) is 3. The molecule has 19 heavy (non-hydrogen) atoms. The van der Waals surface area contributed by atoms with Gasteiger partial charge in [0.2, 0.25) is 0 Å². The van der Waals surface area contributed by atoms with Crippen molar-refractivity contribution in [1.29, 1.82) is 0 Å². The molecule has 0 fully saturated rings. The predicted molar refractivity (Wildman–Crippen MR) is 75.8 cm³/mol. The van der Waals surface area contributed by atoms with Gasteiger partial charge in [-0.2, -0.15) is 0 Å². The van der Waals surface area contributed by atoms with Gasteiger partial charge >= 0.3 is 5.97 Å². The first-order chi connectivity index (χ1) is 9.03. The second-order valence-electron chi connectivity index (χ2n) is 4.42. The smallest absolute Gasteiger partial charge is 0.335 e. The Labute approximate surface area is 115 Å². The fourth-order valence-corrected chi connectivity index (χ4v) is 2.15. The van der Waals surface area contributed by atoms with Gasteiger partial charge in [-0.3, -0.25) is 4.90 Å².